The molecule has 1 amide bonds. The highest BCUT2D eigenvalue weighted by molar-refractivity contribution is 6.53. The molecule has 2 aromatic rings. The highest BCUT2D eigenvalue weighted by atomic mass is 35.5. The first-order valence-electron chi connectivity index (χ1n) is 7.61. The Hall–Kier alpha value is -1.88. The van der Waals surface area contributed by atoms with Gasteiger partial charge < -0.3 is 10.4 Å². The molecule has 0 saturated heterocycles. The van der Waals surface area contributed by atoms with Gasteiger partial charge in [0.25, 0.3) is 5.91 Å². The molecule has 0 saturated carbocycles. The van der Waals surface area contributed by atoms with Gasteiger partial charge >= 0.3 is 0 Å². The van der Waals surface area contributed by atoms with Crippen LogP contribution in [0.25, 0.3) is 17.2 Å². The molecular weight excluding hydrogens is 364 g/mol. The van der Waals surface area contributed by atoms with Crippen LogP contribution in [0.5, 0.6) is 0 Å². The molecule has 0 heterocycles. The topological polar surface area (TPSA) is 49.3 Å². The van der Waals surface area contributed by atoms with Crippen molar-refractivity contribution in [2.75, 3.05) is 6.67 Å². The minimum absolute atomic E-state index is 0.482. The highest BCUT2D eigenvalue weighted by Gasteiger charge is 2.25. The molecule has 2 N–H and O–H groups in total. The highest BCUT2D eigenvalue weighted by Crippen LogP contribution is 2.24. The van der Waals surface area contributed by atoms with Crippen molar-refractivity contribution in [3.63, 3.8) is 0 Å². The molecule has 0 fully saturated rings. The molecule has 0 unspecified atom stereocenters. The Morgan fingerprint density at radius 3 is 2.08 bits per heavy atom. The summed E-state index contributed by atoms with van der Waals surface area (Å²) in [6, 6.07) is 13.7. The first-order chi connectivity index (χ1) is 12.0. The van der Waals surface area contributed by atoms with E-state index in [0.29, 0.717) is 5.56 Å². The standard InChI is InChI=1S/C19H18Cl2FNO2/c1-2-12-3-5-13(6-4-12)14-7-9-15(10-8-14)17(24)16(11-22)23-19(25)18(20)21/h2-10,16-18,24H,1,11H2,(H,23,25)/t16-,17-/m1/s1. The molecule has 0 spiro atoms. The van der Waals surface area contributed by atoms with E-state index in [1.165, 1.54) is 0 Å². The molecule has 2 rings (SSSR count). The number of benzene rings is 2. The number of carbonyl (C=O) groups excluding carboxylic acids is 1. The molecule has 2 aromatic carbocycles. The number of amides is 1. The van der Waals surface area contributed by atoms with Gasteiger partial charge in [0.15, 0.2) is 4.84 Å². The van der Waals surface area contributed by atoms with E-state index < -0.39 is 29.6 Å². The largest absolute Gasteiger partial charge is 0.386 e. The molecule has 25 heavy (non-hydrogen) atoms. The third-order valence-electron chi connectivity index (χ3n) is 3.81. The number of hydrogen-bond donors (Lipinski definition) is 2. The molecule has 3 nitrogen and oxygen atoms in total. The lowest BCUT2D eigenvalue weighted by molar-refractivity contribution is -0.121. The fourth-order valence-corrected chi connectivity index (χ4v) is 2.49. The van der Waals surface area contributed by atoms with Gasteiger partial charge in [-0.15, -0.1) is 0 Å². The molecule has 0 aliphatic carbocycles. The predicted molar refractivity (Wildman–Crippen MR) is 100 cm³/mol. The van der Waals surface area contributed by atoms with Gasteiger partial charge in [-0.1, -0.05) is 84.4 Å². The maximum absolute atomic E-state index is 13.2. The Balaban J connectivity index is 2.14. The number of nitrogens with one attached hydrogen (secondary N) is 1. The van der Waals surface area contributed by atoms with E-state index >= 15 is 0 Å². The van der Waals surface area contributed by atoms with Crippen molar-refractivity contribution in [3.05, 3.63) is 66.2 Å². The minimum Gasteiger partial charge on any atom is -0.386 e. The van der Waals surface area contributed by atoms with Crippen LogP contribution in [0, 0.1) is 0 Å². The van der Waals surface area contributed by atoms with Crippen LogP contribution in [-0.2, 0) is 4.79 Å². The first-order valence-corrected chi connectivity index (χ1v) is 8.49. The second-order valence-corrected chi connectivity index (χ2v) is 6.56. The van der Waals surface area contributed by atoms with Gasteiger partial charge in [-0.3, -0.25) is 4.79 Å². The molecule has 6 heteroatoms. The van der Waals surface area contributed by atoms with Gasteiger partial charge in [-0.2, -0.15) is 0 Å². The summed E-state index contributed by atoms with van der Waals surface area (Å²) in [5.74, 6) is -0.746. The summed E-state index contributed by atoms with van der Waals surface area (Å²) in [5, 5.41) is 12.6. The van der Waals surface area contributed by atoms with Crippen molar-refractivity contribution < 1.29 is 14.3 Å². The normalized spacial score (nSPS) is 13.3. The zero-order valence-corrected chi connectivity index (χ0v) is 14.8. The van der Waals surface area contributed by atoms with E-state index in [9.17, 15) is 14.3 Å². The van der Waals surface area contributed by atoms with Crippen molar-refractivity contribution in [1.29, 1.82) is 0 Å². The maximum Gasteiger partial charge on any atom is 0.253 e. The van der Waals surface area contributed by atoms with Crippen LogP contribution < -0.4 is 5.32 Å². The van der Waals surface area contributed by atoms with E-state index in [1.807, 2.05) is 36.4 Å². The van der Waals surface area contributed by atoms with Gasteiger partial charge in [-0.05, 0) is 22.3 Å². The average molecular weight is 382 g/mol. The molecule has 0 bridgehead atoms. The van der Waals surface area contributed by atoms with E-state index in [1.54, 1.807) is 18.2 Å². The van der Waals surface area contributed by atoms with Crippen LogP contribution in [0.2, 0.25) is 0 Å². The quantitative estimate of drug-likeness (QED) is 0.702. The zero-order valence-electron chi connectivity index (χ0n) is 13.3. The molecule has 0 aliphatic rings. The predicted octanol–water partition coefficient (Wildman–Crippen LogP) is 4.29. The number of carbonyl (C=O) groups is 1. The second-order valence-electron chi connectivity index (χ2n) is 5.46. The smallest absolute Gasteiger partial charge is 0.253 e. The van der Waals surface area contributed by atoms with Crippen molar-refractivity contribution in [1.82, 2.24) is 5.32 Å². The van der Waals surface area contributed by atoms with Crippen LogP contribution in [0.15, 0.2) is 55.1 Å². The summed E-state index contributed by atoms with van der Waals surface area (Å²) in [7, 11) is 0. The molecular formula is C19H18Cl2FNO2. The zero-order chi connectivity index (χ0) is 18.4. The van der Waals surface area contributed by atoms with Crippen molar-refractivity contribution in [3.8, 4) is 11.1 Å². The third kappa shape index (κ3) is 5.05. The number of halogens is 3. The Labute approximate surface area is 156 Å². The fraction of sp³-hybridized carbons (Fsp3) is 0.211. The summed E-state index contributed by atoms with van der Waals surface area (Å²) < 4.78 is 13.2. The summed E-state index contributed by atoms with van der Waals surface area (Å²) in [6.45, 7) is 2.77. The maximum atomic E-state index is 13.2. The lowest BCUT2D eigenvalue weighted by Crippen LogP contribution is -2.43. The molecule has 2 atom stereocenters. The molecule has 132 valence electrons. The van der Waals surface area contributed by atoms with Crippen molar-refractivity contribution in [2.24, 2.45) is 0 Å². The first kappa shape index (κ1) is 19.4. The second kappa shape index (κ2) is 8.99. The SMILES string of the molecule is C=Cc1ccc(-c2ccc([C@@H](O)[C@@H](CF)NC(=O)C(Cl)Cl)cc2)cc1. The van der Waals surface area contributed by atoms with Crippen LogP contribution in [0.3, 0.4) is 0 Å². The van der Waals surface area contributed by atoms with Gasteiger partial charge in [0, 0.05) is 0 Å². The van der Waals surface area contributed by atoms with E-state index in [2.05, 4.69) is 11.9 Å². The van der Waals surface area contributed by atoms with Gasteiger partial charge in [0.1, 0.15) is 12.8 Å². The minimum atomic E-state index is -1.32. The molecule has 0 radical (unpaired) electrons. The van der Waals surface area contributed by atoms with Gasteiger partial charge in [0.2, 0.25) is 0 Å². The molecule has 0 aromatic heterocycles. The van der Waals surface area contributed by atoms with Crippen molar-refractivity contribution in [2.45, 2.75) is 17.0 Å². The van der Waals surface area contributed by atoms with E-state index in [-0.39, 0.29) is 0 Å². The lowest BCUT2D eigenvalue weighted by atomic mass is 9.98. The number of aliphatic hydroxyl groups excluding tert-OH is 1. The Morgan fingerprint density at radius 1 is 1.12 bits per heavy atom. The summed E-state index contributed by atoms with van der Waals surface area (Å²) in [6.07, 6.45) is 0.555. The molecule has 0 aliphatic heterocycles. The van der Waals surface area contributed by atoms with Crippen LogP contribution >= 0.6 is 23.2 Å². The van der Waals surface area contributed by atoms with Crippen LogP contribution in [0.4, 0.5) is 4.39 Å². The fourth-order valence-electron chi connectivity index (χ4n) is 2.36. The van der Waals surface area contributed by atoms with Crippen LogP contribution in [0.1, 0.15) is 17.2 Å². The third-order valence-corrected chi connectivity index (χ3v) is 4.20. The summed E-state index contributed by atoms with van der Waals surface area (Å²) in [5.41, 5.74) is 3.47. The van der Waals surface area contributed by atoms with Crippen LogP contribution in [-0.4, -0.2) is 28.6 Å². The summed E-state index contributed by atoms with van der Waals surface area (Å²) >= 11 is 10.9. The number of alkyl halides is 3. The monoisotopic (exact) mass is 381 g/mol. The lowest BCUT2D eigenvalue weighted by Gasteiger charge is -2.22. The Morgan fingerprint density at radius 2 is 1.64 bits per heavy atom. The van der Waals surface area contributed by atoms with Crippen molar-refractivity contribution >= 4 is 35.2 Å². The Bertz CT molecular complexity index is 717. The average Bonchev–Trinajstić information content (AvgIpc) is 2.65. The van der Waals surface area contributed by atoms with Gasteiger partial charge in [-0.25, -0.2) is 4.39 Å². The number of aliphatic hydroxyl groups is 1. The van der Waals surface area contributed by atoms with E-state index in [0.717, 1.165) is 16.7 Å². The Kier molecular flexibility index (Phi) is 7.00. The summed E-state index contributed by atoms with van der Waals surface area (Å²) in [4.78, 5) is 10.2. The number of rotatable bonds is 7. The number of hydrogen-bond acceptors (Lipinski definition) is 2. The van der Waals surface area contributed by atoms with E-state index in [4.69, 9.17) is 23.2 Å². The van der Waals surface area contributed by atoms with Gasteiger partial charge in [0.05, 0.1) is 6.04 Å².